The Kier molecular flexibility index (Phi) is 4.24. The van der Waals surface area contributed by atoms with Crippen molar-refractivity contribution in [3.63, 3.8) is 0 Å². The van der Waals surface area contributed by atoms with Gasteiger partial charge in [0.15, 0.2) is 23.0 Å². The van der Waals surface area contributed by atoms with E-state index in [1.807, 2.05) is 0 Å². The molecule has 8 heteroatoms. The summed E-state index contributed by atoms with van der Waals surface area (Å²) in [5, 5.41) is 36.4. The molecule has 0 spiro atoms. The number of hydrogen-bond acceptors (Lipinski definition) is 7. The predicted octanol–water partition coefficient (Wildman–Crippen LogP) is 2.97. The number of H-pyrrole nitrogens is 1. The molecule has 0 aliphatic rings. The first-order valence-corrected chi connectivity index (χ1v) is 7.03. The third-order valence-electron chi connectivity index (χ3n) is 3.24. The van der Waals surface area contributed by atoms with Gasteiger partial charge in [-0.25, -0.2) is 4.98 Å². The Bertz CT molecular complexity index is 1020. The van der Waals surface area contributed by atoms with Crippen LogP contribution >= 0.6 is 0 Å². The lowest BCUT2D eigenvalue weighted by Gasteiger charge is -2.04. The van der Waals surface area contributed by atoms with Crippen molar-refractivity contribution < 1.29 is 4.42 Å². The molecule has 2 N–H and O–H groups in total. The molecule has 0 saturated heterocycles. The molecule has 3 aromatic rings. The second-order valence-electron chi connectivity index (χ2n) is 4.77. The van der Waals surface area contributed by atoms with Crippen molar-refractivity contribution in [3.8, 4) is 41.2 Å². The first-order valence-electron chi connectivity index (χ1n) is 7.03. The SMILES string of the molecule is N#CC(C#N)=C(C#N)Nc1ccc(-c2n[nH]c(-c3ccco3)n2)cc1. The molecule has 0 radical (unpaired) electrons. The molecule has 0 aliphatic carbocycles. The maximum absolute atomic E-state index is 9.04. The number of allylic oxidation sites excluding steroid dienone is 2. The first kappa shape index (κ1) is 15.5. The Labute approximate surface area is 142 Å². The van der Waals surface area contributed by atoms with Gasteiger partial charge in [0, 0.05) is 11.3 Å². The van der Waals surface area contributed by atoms with Gasteiger partial charge in [0.2, 0.25) is 0 Å². The molecule has 0 fully saturated rings. The third-order valence-corrected chi connectivity index (χ3v) is 3.24. The Hall–Kier alpha value is -4.35. The van der Waals surface area contributed by atoms with E-state index in [4.69, 9.17) is 20.2 Å². The topological polar surface area (TPSA) is 138 Å². The molecule has 2 aromatic heterocycles. The maximum atomic E-state index is 9.04. The average Bonchev–Trinajstić information content (AvgIpc) is 3.33. The van der Waals surface area contributed by atoms with Crippen molar-refractivity contribution in [3.05, 3.63) is 53.9 Å². The van der Waals surface area contributed by atoms with Gasteiger partial charge in [0.05, 0.1) is 6.26 Å². The minimum absolute atomic E-state index is 0.101. The van der Waals surface area contributed by atoms with E-state index >= 15 is 0 Å². The van der Waals surface area contributed by atoms with Crippen LogP contribution in [-0.4, -0.2) is 15.2 Å². The summed E-state index contributed by atoms with van der Waals surface area (Å²) >= 11 is 0. The molecule has 3 rings (SSSR count). The molecule has 0 aliphatic heterocycles. The molecule has 0 bridgehead atoms. The summed E-state index contributed by atoms with van der Waals surface area (Å²) in [5.74, 6) is 1.59. The second-order valence-corrected chi connectivity index (χ2v) is 4.77. The number of benzene rings is 1. The number of rotatable bonds is 4. The minimum Gasteiger partial charge on any atom is -0.461 e. The molecule has 0 amide bonds. The van der Waals surface area contributed by atoms with E-state index in [-0.39, 0.29) is 11.3 Å². The van der Waals surface area contributed by atoms with E-state index < -0.39 is 0 Å². The smallest absolute Gasteiger partial charge is 0.192 e. The van der Waals surface area contributed by atoms with Crippen molar-refractivity contribution in [2.75, 3.05) is 5.32 Å². The standard InChI is InChI=1S/C17H9N7O/c18-8-12(9-19)14(10-20)21-13-5-3-11(4-6-13)16-22-17(24-23-16)15-2-1-7-25-15/h1-7,21H,(H,22,23,24). The van der Waals surface area contributed by atoms with E-state index in [0.29, 0.717) is 23.1 Å². The highest BCUT2D eigenvalue weighted by Gasteiger charge is 2.10. The fourth-order valence-electron chi connectivity index (χ4n) is 2.04. The summed E-state index contributed by atoms with van der Waals surface area (Å²) < 4.78 is 5.26. The van der Waals surface area contributed by atoms with E-state index in [1.54, 1.807) is 60.9 Å². The molecule has 1 aromatic carbocycles. The highest BCUT2D eigenvalue weighted by molar-refractivity contribution is 5.64. The van der Waals surface area contributed by atoms with Gasteiger partial charge < -0.3 is 9.73 Å². The van der Waals surface area contributed by atoms with Crippen molar-refractivity contribution in [2.45, 2.75) is 0 Å². The Morgan fingerprint density at radius 2 is 1.80 bits per heavy atom. The zero-order valence-corrected chi connectivity index (χ0v) is 12.7. The van der Waals surface area contributed by atoms with E-state index in [0.717, 1.165) is 5.56 Å². The number of aromatic amines is 1. The van der Waals surface area contributed by atoms with Gasteiger partial charge >= 0.3 is 0 Å². The number of nitrogens with one attached hydrogen (secondary N) is 2. The van der Waals surface area contributed by atoms with Crippen LogP contribution in [0.3, 0.4) is 0 Å². The first-order chi connectivity index (χ1) is 12.2. The number of aromatic nitrogens is 3. The van der Waals surface area contributed by atoms with Crippen LogP contribution in [-0.2, 0) is 0 Å². The van der Waals surface area contributed by atoms with Gasteiger partial charge in [-0.3, -0.25) is 5.10 Å². The molecule has 25 heavy (non-hydrogen) atoms. The Balaban J connectivity index is 1.82. The molecule has 118 valence electrons. The third kappa shape index (κ3) is 3.21. The summed E-state index contributed by atoms with van der Waals surface area (Å²) in [4.78, 5) is 4.36. The number of hydrogen-bond donors (Lipinski definition) is 2. The maximum Gasteiger partial charge on any atom is 0.192 e. The highest BCUT2D eigenvalue weighted by atomic mass is 16.3. The average molecular weight is 327 g/mol. The van der Waals surface area contributed by atoms with Crippen molar-refractivity contribution in [2.24, 2.45) is 0 Å². The predicted molar refractivity (Wildman–Crippen MR) is 87.0 cm³/mol. The van der Waals surface area contributed by atoms with Crippen molar-refractivity contribution in [1.82, 2.24) is 15.2 Å². The van der Waals surface area contributed by atoms with Crippen LogP contribution in [0.2, 0.25) is 0 Å². The molecular formula is C17H9N7O. The molecular weight excluding hydrogens is 318 g/mol. The van der Waals surface area contributed by atoms with Crippen LogP contribution in [0.15, 0.2) is 58.3 Å². The highest BCUT2D eigenvalue weighted by Crippen LogP contribution is 2.22. The van der Waals surface area contributed by atoms with E-state index in [9.17, 15) is 0 Å². The van der Waals surface area contributed by atoms with Gasteiger partial charge in [-0.1, -0.05) is 0 Å². The van der Waals surface area contributed by atoms with Crippen LogP contribution < -0.4 is 5.32 Å². The largest absolute Gasteiger partial charge is 0.461 e. The van der Waals surface area contributed by atoms with Crippen LogP contribution in [0.1, 0.15) is 0 Å². The van der Waals surface area contributed by atoms with Gasteiger partial charge in [-0.05, 0) is 36.4 Å². The van der Waals surface area contributed by atoms with E-state index in [1.165, 1.54) is 0 Å². The van der Waals surface area contributed by atoms with Crippen LogP contribution in [0.5, 0.6) is 0 Å². The summed E-state index contributed by atoms with van der Waals surface area (Å²) in [6, 6.07) is 15.6. The second kappa shape index (κ2) is 6.82. The summed E-state index contributed by atoms with van der Waals surface area (Å²) in [6.45, 7) is 0. The molecule has 2 heterocycles. The fourth-order valence-corrected chi connectivity index (χ4v) is 2.04. The lowest BCUT2D eigenvalue weighted by molar-refractivity contribution is 0.577. The van der Waals surface area contributed by atoms with Crippen molar-refractivity contribution in [1.29, 1.82) is 15.8 Å². The summed E-state index contributed by atoms with van der Waals surface area (Å²) in [7, 11) is 0. The number of nitriles is 3. The number of furan rings is 1. The summed E-state index contributed by atoms with van der Waals surface area (Å²) in [5.41, 5.74) is 0.937. The van der Waals surface area contributed by atoms with Crippen LogP contribution in [0, 0.1) is 34.0 Å². The zero-order chi connectivity index (χ0) is 17.6. The molecule has 0 atom stereocenters. The van der Waals surface area contributed by atoms with Gasteiger partial charge in [-0.2, -0.15) is 20.9 Å². The quantitative estimate of drug-likeness (QED) is 0.702. The molecule has 8 nitrogen and oxygen atoms in total. The lowest BCUT2D eigenvalue weighted by Crippen LogP contribution is -2.00. The molecule has 0 unspecified atom stereocenters. The van der Waals surface area contributed by atoms with Gasteiger partial charge in [0.25, 0.3) is 0 Å². The van der Waals surface area contributed by atoms with E-state index in [2.05, 4.69) is 20.5 Å². The van der Waals surface area contributed by atoms with Crippen LogP contribution in [0.4, 0.5) is 5.69 Å². The lowest BCUT2D eigenvalue weighted by atomic mass is 10.2. The Morgan fingerprint density at radius 1 is 1.04 bits per heavy atom. The number of nitrogens with zero attached hydrogens (tertiary/aromatic N) is 5. The van der Waals surface area contributed by atoms with Crippen molar-refractivity contribution >= 4 is 5.69 Å². The fraction of sp³-hybridized carbons (Fsp3) is 0. The Morgan fingerprint density at radius 3 is 2.40 bits per heavy atom. The minimum atomic E-state index is -0.274. The normalized spacial score (nSPS) is 9.48. The number of anilines is 1. The molecule has 0 saturated carbocycles. The summed E-state index contributed by atoms with van der Waals surface area (Å²) in [6.07, 6.45) is 1.55. The zero-order valence-electron chi connectivity index (χ0n) is 12.7. The van der Waals surface area contributed by atoms with Gasteiger partial charge in [0.1, 0.15) is 23.9 Å². The van der Waals surface area contributed by atoms with Crippen LogP contribution in [0.25, 0.3) is 23.0 Å². The monoisotopic (exact) mass is 327 g/mol. The van der Waals surface area contributed by atoms with Gasteiger partial charge in [-0.15, -0.1) is 0 Å².